The molecule has 1 aromatic carbocycles. The van der Waals surface area contributed by atoms with Crippen LogP contribution in [0.1, 0.15) is 40.2 Å². The Bertz CT molecular complexity index is 1790. The summed E-state index contributed by atoms with van der Waals surface area (Å²) in [5.41, 5.74) is 3.35. The Balaban J connectivity index is 1.20. The van der Waals surface area contributed by atoms with Gasteiger partial charge in [-0.2, -0.15) is 5.10 Å². The molecule has 6 rings (SSSR count). The zero-order chi connectivity index (χ0) is 30.3. The Hall–Kier alpha value is -5.00. The minimum Gasteiger partial charge on any atom is -0.457 e. The van der Waals surface area contributed by atoms with Crippen molar-refractivity contribution in [2.75, 3.05) is 23.3 Å². The number of fused-ring (bicyclic) bond motifs is 2. The van der Waals surface area contributed by atoms with Crippen LogP contribution in [-0.4, -0.2) is 71.3 Å². The number of piperazine rings is 1. The fraction of sp³-hybridized carbons (Fsp3) is 0.355. The quantitative estimate of drug-likeness (QED) is 0.275. The summed E-state index contributed by atoms with van der Waals surface area (Å²) in [6.07, 6.45) is 4.56. The van der Waals surface area contributed by atoms with Crippen LogP contribution in [0.15, 0.2) is 61.3 Å². The van der Waals surface area contributed by atoms with Crippen molar-refractivity contribution in [2.45, 2.75) is 59.2 Å². The number of benzene rings is 1. The Kier molecular flexibility index (Phi) is 7.20. The number of carbonyl (C=O) groups is 1. The Morgan fingerprint density at radius 2 is 1.77 bits per heavy atom. The molecule has 0 unspecified atom stereocenters. The molecule has 5 heterocycles. The highest BCUT2D eigenvalue weighted by Crippen LogP contribution is 2.31. The highest BCUT2D eigenvalue weighted by Gasteiger charge is 2.36. The summed E-state index contributed by atoms with van der Waals surface area (Å²) in [4.78, 5) is 35.0. The summed E-state index contributed by atoms with van der Waals surface area (Å²) in [7, 11) is 0. The van der Waals surface area contributed by atoms with Crippen molar-refractivity contribution in [1.82, 2.24) is 34.4 Å². The van der Waals surface area contributed by atoms with Crippen molar-refractivity contribution in [2.24, 2.45) is 0 Å². The number of anilines is 3. The molecule has 0 aliphatic carbocycles. The van der Waals surface area contributed by atoms with Crippen LogP contribution in [-0.2, 0) is 4.74 Å². The van der Waals surface area contributed by atoms with Crippen molar-refractivity contribution in [3.05, 3.63) is 66.9 Å². The molecule has 1 aliphatic rings. The van der Waals surface area contributed by atoms with E-state index in [4.69, 9.17) is 14.5 Å². The summed E-state index contributed by atoms with van der Waals surface area (Å²) in [6, 6.07) is 13.4. The average Bonchev–Trinajstić information content (AvgIpc) is 3.41. The van der Waals surface area contributed by atoms with Crippen LogP contribution in [0.4, 0.5) is 22.1 Å². The number of ether oxygens (including phenoxy) is 2. The molecule has 1 aliphatic heterocycles. The summed E-state index contributed by atoms with van der Waals surface area (Å²) in [6.45, 7) is 13.0. The molecule has 12 heteroatoms. The molecule has 43 heavy (non-hydrogen) atoms. The maximum Gasteiger partial charge on any atom is 0.410 e. The number of nitrogens with zero attached hydrogens (tertiary/aromatic N) is 8. The molecule has 4 aromatic heterocycles. The van der Waals surface area contributed by atoms with Crippen LogP contribution >= 0.6 is 0 Å². The highest BCUT2D eigenvalue weighted by atomic mass is 16.6. The van der Waals surface area contributed by atoms with E-state index in [-0.39, 0.29) is 18.2 Å². The van der Waals surface area contributed by atoms with Crippen molar-refractivity contribution in [3.63, 3.8) is 0 Å². The first kappa shape index (κ1) is 28.1. The molecule has 1 N–H and O–H groups in total. The van der Waals surface area contributed by atoms with Crippen LogP contribution in [0.5, 0.6) is 11.5 Å². The van der Waals surface area contributed by atoms with Crippen LogP contribution in [0, 0.1) is 6.92 Å². The SMILES string of the molecule is Cc1cc(Nc2ncnc3ccc(N4C[C@@H](C)N(C(=O)OC(C)(C)C)[C@H](C)C4)nc23)ccc1Oc1ccn2ncnc2c1. The van der Waals surface area contributed by atoms with E-state index in [9.17, 15) is 4.79 Å². The number of nitrogens with one attached hydrogen (secondary N) is 1. The van der Waals surface area contributed by atoms with Gasteiger partial charge in [-0.25, -0.2) is 29.2 Å². The molecule has 0 spiro atoms. The van der Waals surface area contributed by atoms with E-state index in [1.54, 1.807) is 4.52 Å². The maximum atomic E-state index is 12.9. The number of amides is 1. The lowest BCUT2D eigenvalue weighted by Gasteiger charge is -2.44. The number of hydrogen-bond acceptors (Lipinski definition) is 10. The number of hydrogen-bond donors (Lipinski definition) is 1. The van der Waals surface area contributed by atoms with Gasteiger partial charge in [0.2, 0.25) is 0 Å². The first-order chi connectivity index (χ1) is 20.5. The van der Waals surface area contributed by atoms with E-state index >= 15 is 0 Å². The zero-order valence-electron chi connectivity index (χ0n) is 25.1. The van der Waals surface area contributed by atoms with Gasteiger partial charge in [0, 0.05) is 31.0 Å². The molecule has 2 atom stereocenters. The van der Waals surface area contributed by atoms with E-state index in [0.717, 1.165) is 28.3 Å². The van der Waals surface area contributed by atoms with Gasteiger partial charge in [0.15, 0.2) is 11.5 Å². The van der Waals surface area contributed by atoms with Crippen molar-refractivity contribution in [1.29, 1.82) is 0 Å². The molecule has 5 aromatic rings. The Morgan fingerprint density at radius 1 is 0.977 bits per heavy atom. The van der Waals surface area contributed by atoms with E-state index in [1.165, 1.54) is 12.7 Å². The minimum absolute atomic E-state index is 0.0530. The fourth-order valence-corrected chi connectivity index (χ4v) is 5.35. The van der Waals surface area contributed by atoms with Gasteiger partial charge >= 0.3 is 6.09 Å². The van der Waals surface area contributed by atoms with Gasteiger partial charge < -0.3 is 19.7 Å². The van der Waals surface area contributed by atoms with Crippen molar-refractivity contribution in [3.8, 4) is 11.5 Å². The summed E-state index contributed by atoms with van der Waals surface area (Å²) >= 11 is 0. The summed E-state index contributed by atoms with van der Waals surface area (Å²) in [5, 5.41) is 7.53. The summed E-state index contributed by atoms with van der Waals surface area (Å²) < 4.78 is 13.5. The van der Waals surface area contributed by atoms with Crippen LogP contribution in [0.2, 0.25) is 0 Å². The first-order valence-electron chi connectivity index (χ1n) is 14.3. The second-order valence-corrected chi connectivity index (χ2v) is 11.9. The second-order valence-electron chi connectivity index (χ2n) is 11.9. The lowest BCUT2D eigenvalue weighted by molar-refractivity contribution is 0.00560. The predicted octanol–water partition coefficient (Wildman–Crippen LogP) is 5.75. The van der Waals surface area contributed by atoms with E-state index < -0.39 is 5.60 Å². The molecule has 0 saturated carbocycles. The third-order valence-electron chi connectivity index (χ3n) is 7.23. The van der Waals surface area contributed by atoms with Gasteiger partial charge in [0.05, 0.1) is 17.6 Å². The van der Waals surface area contributed by atoms with Gasteiger partial charge in [0.1, 0.15) is 41.1 Å². The van der Waals surface area contributed by atoms with Gasteiger partial charge in [0.25, 0.3) is 0 Å². The van der Waals surface area contributed by atoms with Crippen molar-refractivity contribution >= 4 is 40.1 Å². The van der Waals surface area contributed by atoms with Crippen molar-refractivity contribution < 1.29 is 14.3 Å². The van der Waals surface area contributed by atoms with Crippen LogP contribution in [0.25, 0.3) is 16.7 Å². The normalized spacial score (nSPS) is 17.3. The smallest absolute Gasteiger partial charge is 0.410 e. The largest absolute Gasteiger partial charge is 0.457 e. The predicted molar refractivity (Wildman–Crippen MR) is 164 cm³/mol. The van der Waals surface area contributed by atoms with E-state index in [1.807, 2.05) is 95.1 Å². The average molecular weight is 582 g/mol. The monoisotopic (exact) mass is 581 g/mol. The molecule has 0 bridgehead atoms. The van der Waals surface area contributed by atoms with E-state index in [0.29, 0.717) is 35.8 Å². The number of rotatable bonds is 5. The van der Waals surface area contributed by atoms with Gasteiger partial charge in [-0.1, -0.05) is 0 Å². The molecular formula is C31H35N9O3. The third kappa shape index (κ3) is 5.99. The standard InChI is InChI=1S/C31H35N9O3/c1-19-13-22(7-9-25(19)42-23-11-12-39-27(14-23)33-18-35-39)36-29-28-24(32-17-34-29)8-10-26(37-28)38-15-20(2)40(21(3)16-38)30(41)43-31(4,5)6/h7-14,17-18,20-21H,15-16H2,1-6H3,(H,32,34,36)/t20-,21-/m1/s1. The molecule has 1 saturated heterocycles. The van der Waals surface area contributed by atoms with Crippen LogP contribution < -0.4 is 15.0 Å². The highest BCUT2D eigenvalue weighted by molar-refractivity contribution is 5.88. The molecule has 12 nitrogen and oxygen atoms in total. The zero-order valence-corrected chi connectivity index (χ0v) is 25.1. The molecule has 222 valence electrons. The number of aromatic nitrogens is 6. The number of carbonyl (C=O) groups excluding carboxylic acids is 1. The van der Waals surface area contributed by atoms with Gasteiger partial charge in [-0.05, 0) is 83.5 Å². The number of aryl methyl sites for hydroxylation is 1. The number of pyridine rings is 2. The third-order valence-corrected chi connectivity index (χ3v) is 7.23. The topological polar surface area (TPSA) is 123 Å². The molecule has 0 radical (unpaired) electrons. The molecule has 1 fully saturated rings. The molecular weight excluding hydrogens is 546 g/mol. The maximum absolute atomic E-state index is 12.9. The first-order valence-corrected chi connectivity index (χ1v) is 14.3. The second kappa shape index (κ2) is 11.0. The summed E-state index contributed by atoms with van der Waals surface area (Å²) in [5.74, 6) is 2.82. The minimum atomic E-state index is -0.545. The fourth-order valence-electron chi connectivity index (χ4n) is 5.35. The van der Waals surface area contributed by atoms with E-state index in [2.05, 4.69) is 30.3 Å². The lowest BCUT2D eigenvalue weighted by atomic mass is 10.1. The lowest BCUT2D eigenvalue weighted by Crippen LogP contribution is -2.59. The van der Waals surface area contributed by atoms with Gasteiger partial charge in [-0.15, -0.1) is 0 Å². The van der Waals surface area contributed by atoms with Crippen LogP contribution in [0.3, 0.4) is 0 Å². The van der Waals surface area contributed by atoms with Gasteiger partial charge in [-0.3, -0.25) is 4.90 Å². The Labute approximate surface area is 249 Å². The molecule has 1 amide bonds. The Morgan fingerprint density at radius 3 is 2.51 bits per heavy atom.